The van der Waals surface area contributed by atoms with Crippen LogP contribution in [0.2, 0.25) is 0 Å². The van der Waals surface area contributed by atoms with Crippen molar-refractivity contribution in [1.29, 1.82) is 0 Å². The summed E-state index contributed by atoms with van der Waals surface area (Å²) in [7, 11) is 1.63. The first-order valence-corrected chi connectivity index (χ1v) is 7.04. The van der Waals surface area contributed by atoms with Crippen molar-refractivity contribution in [2.75, 3.05) is 7.05 Å². The summed E-state index contributed by atoms with van der Waals surface area (Å²) >= 11 is 1.24. The van der Waals surface area contributed by atoms with Gasteiger partial charge >= 0.3 is 0 Å². The van der Waals surface area contributed by atoms with E-state index < -0.39 is 0 Å². The topological polar surface area (TPSA) is 50.4 Å². The molecule has 0 saturated heterocycles. The molecule has 2 N–H and O–H groups in total. The van der Waals surface area contributed by atoms with Crippen LogP contribution >= 0.6 is 12.2 Å². The predicted molar refractivity (Wildman–Crippen MR) is 80.3 cm³/mol. The molecular formula is C15H14N2O2S. The van der Waals surface area contributed by atoms with E-state index in [-0.39, 0.29) is 5.91 Å². The highest BCUT2D eigenvalue weighted by molar-refractivity contribution is 7.93. The van der Waals surface area contributed by atoms with Crippen molar-refractivity contribution in [2.24, 2.45) is 0 Å². The fraction of sp³-hybridized carbons (Fsp3) is 0.133. The molecule has 4 nitrogen and oxygen atoms in total. The van der Waals surface area contributed by atoms with E-state index in [1.54, 1.807) is 7.05 Å². The van der Waals surface area contributed by atoms with E-state index >= 15 is 0 Å². The number of hydrogen-bond donors (Lipinski definition) is 2. The van der Waals surface area contributed by atoms with Crippen LogP contribution in [0.25, 0.3) is 11.1 Å². The van der Waals surface area contributed by atoms with E-state index in [9.17, 15) is 4.79 Å². The molecule has 0 unspecified atom stereocenters. The summed E-state index contributed by atoms with van der Waals surface area (Å²) in [6.07, 6.45) is 0. The quantitative estimate of drug-likeness (QED) is 0.658. The Morgan fingerprint density at radius 3 is 2.80 bits per heavy atom. The van der Waals surface area contributed by atoms with Gasteiger partial charge in [0.05, 0.1) is 0 Å². The predicted octanol–water partition coefficient (Wildman–Crippen LogP) is 2.76. The zero-order valence-corrected chi connectivity index (χ0v) is 11.8. The minimum absolute atomic E-state index is 0.0809. The summed E-state index contributed by atoms with van der Waals surface area (Å²) in [6, 6.07) is 13.6. The minimum Gasteiger partial charge on any atom is -0.409 e. The molecule has 5 heteroatoms. The van der Waals surface area contributed by atoms with Crippen molar-refractivity contribution in [3.8, 4) is 16.9 Å². The Bertz CT molecular complexity index is 641. The monoisotopic (exact) mass is 286 g/mol. The Kier molecular flexibility index (Phi) is 3.62. The van der Waals surface area contributed by atoms with Gasteiger partial charge in [0.25, 0.3) is 5.91 Å². The molecule has 0 fully saturated rings. The van der Waals surface area contributed by atoms with E-state index in [2.05, 4.69) is 10.0 Å². The Balaban J connectivity index is 1.99. The summed E-state index contributed by atoms with van der Waals surface area (Å²) in [6.45, 7) is 0.782. The van der Waals surface area contributed by atoms with Crippen molar-refractivity contribution >= 4 is 18.1 Å². The van der Waals surface area contributed by atoms with E-state index in [1.807, 2.05) is 42.5 Å². The van der Waals surface area contributed by atoms with Crippen LogP contribution in [0.5, 0.6) is 5.75 Å². The molecule has 1 heterocycles. The van der Waals surface area contributed by atoms with Gasteiger partial charge in [-0.1, -0.05) is 30.3 Å². The van der Waals surface area contributed by atoms with Crippen LogP contribution in [0.3, 0.4) is 0 Å². The molecule has 0 atom stereocenters. The number of carbonyl (C=O) groups excluding carboxylic acids is 1. The number of amides is 1. The van der Waals surface area contributed by atoms with Crippen molar-refractivity contribution in [1.82, 2.24) is 10.0 Å². The molecule has 0 radical (unpaired) electrons. The zero-order valence-electron chi connectivity index (χ0n) is 11.0. The van der Waals surface area contributed by atoms with E-state index in [0.29, 0.717) is 5.56 Å². The lowest BCUT2D eigenvalue weighted by molar-refractivity contribution is 0.0963. The second-order valence-electron chi connectivity index (χ2n) is 4.44. The number of carbonyl (C=O) groups is 1. The van der Waals surface area contributed by atoms with Crippen molar-refractivity contribution in [2.45, 2.75) is 6.54 Å². The molecule has 0 bridgehead atoms. The van der Waals surface area contributed by atoms with E-state index in [1.165, 1.54) is 12.2 Å². The second kappa shape index (κ2) is 5.56. The Hall–Kier alpha value is -1.98. The number of para-hydroxylation sites is 1. The standard InChI is InChI=1S/C15H14N2O2S/c1-16-15(18)11-7-5-10(6-8-11)13-4-2-3-12-9-17-20-19-14(12)13/h2-8,17H,9H2,1H3,(H,16,18). The first kappa shape index (κ1) is 13.0. The van der Waals surface area contributed by atoms with Crippen LogP contribution in [0, 0.1) is 0 Å². The van der Waals surface area contributed by atoms with Crippen molar-refractivity contribution in [3.05, 3.63) is 53.6 Å². The third kappa shape index (κ3) is 2.37. The molecule has 0 spiro atoms. The lowest BCUT2D eigenvalue weighted by Crippen LogP contribution is -2.17. The maximum absolute atomic E-state index is 11.5. The van der Waals surface area contributed by atoms with Crippen LogP contribution in [-0.2, 0) is 6.54 Å². The molecule has 1 aliphatic rings. The van der Waals surface area contributed by atoms with Crippen LogP contribution < -0.4 is 14.2 Å². The first-order chi connectivity index (χ1) is 9.79. The lowest BCUT2D eigenvalue weighted by Gasteiger charge is -2.19. The number of rotatable bonds is 2. The summed E-state index contributed by atoms with van der Waals surface area (Å²) in [5, 5.41) is 2.62. The van der Waals surface area contributed by atoms with Gasteiger partial charge < -0.3 is 9.50 Å². The fourth-order valence-corrected chi connectivity index (χ4v) is 2.73. The third-order valence-electron chi connectivity index (χ3n) is 3.23. The highest BCUT2D eigenvalue weighted by Gasteiger charge is 2.16. The average molecular weight is 286 g/mol. The van der Waals surface area contributed by atoms with Gasteiger partial charge in [0.2, 0.25) is 0 Å². The van der Waals surface area contributed by atoms with Gasteiger partial charge in [0.1, 0.15) is 12.2 Å². The smallest absolute Gasteiger partial charge is 0.251 e. The molecule has 1 aliphatic heterocycles. The van der Waals surface area contributed by atoms with Gasteiger partial charge in [-0.15, -0.1) is 0 Å². The highest BCUT2D eigenvalue weighted by Crippen LogP contribution is 2.37. The highest BCUT2D eigenvalue weighted by atomic mass is 32.2. The first-order valence-electron chi connectivity index (χ1n) is 6.30. The van der Waals surface area contributed by atoms with Gasteiger partial charge in [-0.25, -0.2) is 4.72 Å². The maximum atomic E-state index is 11.5. The summed E-state index contributed by atoms with van der Waals surface area (Å²) in [5.74, 6) is 0.812. The van der Waals surface area contributed by atoms with E-state index in [0.717, 1.165) is 29.0 Å². The van der Waals surface area contributed by atoms with Crippen LogP contribution in [0.15, 0.2) is 42.5 Å². The lowest BCUT2D eigenvalue weighted by atomic mass is 10.00. The molecule has 0 aliphatic carbocycles. The fourth-order valence-electron chi connectivity index (χ4n) is 2.17. The van der Waals surface area contributed by atoms with Crippen LogP contribution in [0.4, 0.5) is 0 Å². The largest absolute Gasteiger partial charge is 0.409 e. The molecule has 0 aromatic heterocycles. The van der Waals surface area contributed by atoms with Crippen molar-refractivity contribution in [3.63, 3.8) is 0 Å². The third-order valence-corrected chi connectivity index (χ3v) is 3.74. The molecular weight excluding hydrogens is 272 g/mol. The summed E-state index contributed by atoms with van der Waals surface area (Å²) < 4.78 is 8.73. The summed E-state index contributed by atoms with van der Waals surface area (Å²) in [5.41, 5.74) is 3.87. The molecule has 2 aromatic carbocycles. The van der Waals surface area contributed by atoms with E-state index in [4.69, 9.17) is 4.18 Å². The Morgan fingerprint density at radius 1 is 1.25 bits per heavy atom. The summed E-state index contributed by atoms with van der Waals surface area (Å²) in [4.78, 5) is 11.5. The number of benzene rings is 2. The van der Waals surface area contributed by atoms with Gasteiger partial charge in [0.15, 0.2) is 5.75 Å². The van der Waals surface area contributed by atoms with Crippen molar-refractivity contribution < 1.29 is 8.98 Å². The average Bonchev–Trinajstić information content (AvgIpc) is 2.54. The molecule has 0 saturated carbocycles. The molecule has 1 amide bonds. The zero-order chi connectivity index (χ0) is 13.9. The molecule has 2 aromatic rings. The normalized spacial score (nSPS) is 13.2. The minimum atomic E-state index is -0.0809. The SMILES string of the molecule is CNC(=O)c1ccc(-c2cccc3c2OSNC3)cc1. The number of hydrogen-bond acceptors (Lipinski definition) is 4. The van der Waals surface area contributed by atoms with Gasteiger partial charge in [-0.2, -0.15) is 0 Å². The molecule has 3 rings (SSSR count). The van der Waals surface area contributed by atoms with Gasteiger partial charge in [-0.05, 0) is 17.7 Å². The van der Waals surface area contributed by atoms with Gasteiger partial charge in [0, 0.05) is 30.3 Å². The molecule has 102 valence electrons. The number of nitrogens with one attached hydrogen (secondary N) is 2. The van der Waals surface area contributed by atoms with Crippen LogP contribution in [-0.4, -0.2) is 13.0 Å². The molecule has 20 heavy (non-hydrogen) atoms. The Morgan fingerprint density at radius 2 is 2.05 bits per heavy atom. The maximum Gasteiger partial charge on any atom is 0.251 e. The van der Waals surface area contributed by atoms with Gasteiger partial charge in [-0.3, -0.25) is 4.79 Å². The Labute approximate surface area is 121 Å². The van der Waals surface area contributed by atoms with Crippen LogP contribution in [0.1, 0.15) is 15.9 Å². The second-order valence-corrected chi connectivity index (χ2v) is 5.06. The number of fused-ring (bicyclic) bond motifs is 1.